The van der Waals surface area contributed by atoms with Gasteiger partial charge in [-0.3, -0.25) is 4.79 Å². The molecule has 1 amide bonds. The minimum absolute atomic E-state index is 0. The normalized spacial score (nSPS) is 10.7. The third-order valence-corrected chi connectivity index (χ3v) is 3.91. The van der Waals surface area contributed by atoms with E-state index < -0.39 is 0 Å². The first-order chi connectivity index (χ1) is 14.1. The molecule has 0 radical (unpaired) electrons. The number of nitrogens with one attached hydrogen (secondary N) is 2. The molecule has 0 heterocycles. The summed E-state index contributed by atoms with van der Waals surface area (Å²) in [5.74, 6) is -0.276. The van der Waals surface area contributed by atoms with Crippen LogP contribution in [0.1, 0.15) is 11.1 Å². The first-order valence-electron chi connectivity index (χ1n) is 9.02. The summed E-state index contributed by atoms with van der Waals surface area (Å²) in [5.41, 5.74) is 6.09. The molecule has 154 valence electrons. The summed E-state index contributed by atoms with van der Waals surface area (Å²) >= 11 is 0. The topological polar surface area (TPSA) is 98.4 Å². The zero-order chi connectivity index (χ0) is 20.5. The second-order valence-electron chi connectivity index (χ2n) is 6.29. The second kappa shape index (κ2) is 11.3. The van der Waals surface area contributed by atoms with Gasteiger partial charge in [0.15, 0.2) is 0 Å². The summed E-state index contributed by atoms with van der Waals surface area (Å²) in [6.07, 6.45) is 1.36. The zero-order valence-electron chi connectivity index (χ0n) is 16.3. The summed E-state index contributed by atoms with van der Waals surface area (Å²) in [7, 11) is 0. The molecule has 3 aromatic rings. The van der Waals surface area contributed by atoms with Crippen LogP contribution < -0.4 is 10.7 Å². The Balaban J connectivity index is 0.00000320. The van der Waals surface area contributed by atoms with Gasteiger partial charge in [-0.1, -0.05) is 30.3 Å². The monoisotopic (exact) mass is 423 g/mol. The first kappa shape index (κ1) is 22.6. The first-order valence-corrected chi connectivity index (χ1v) is 9.02. The van der Waals surface area contributed by atoms with E-state index in [9.17, 15) is 9.90 Å². The number of carbonyl (C=O) groups is 1. The number of halogens is 1. The van der Waals surface area contributed by atoms with Gasteiger partial charge in [0.1, 0.15) is 5.75 Å². The van der Waals surface area contributed by atoms with Crippen LogP contribution in [0.2, 0.25) is 0 Å². The number of azo groups is 1. The fourth-order valence-corrected chi connectivity index (χ4v) is 2.47. The van der Waals surface area contributed by atoms with Crippen molar-refractivity contribution in [1.82, 2.24) is 5.43 Å². The van der Waals surface area contributed by atoms with Gasteiger partial charge in [-0.25, -0.2) is 5.43 Å². The molecule has 0 saturated carbocycles. The summed E-state index contributed by atoms with van der Waals surface area (Å²) in [5, 5.41) is 25.2. The minimum atomic E-state index is -0.304. The number of aryl methyl sites for hydroxylation is 1. The van der Waals surface area contributed by atoms with Crippen LogP contribution in [0.5, 0.6) is 5.75 Å². The Morgan fingerprint density at radius 1 is 0.967 bits per heavy atom. The molecule has 0 spiro atoms. The van der Waals surface area contributed by atoms with Crippen molar-refractivity contribution in [3.05, 3.63) is 83.9 Å². The molecule has 7 nitrogen and oxygen atoms in total. The Morgan fingerprint density at radius 2 is 1.73 bits per heavy atom. The van der Waals surface area contributed by atoms with Crippen molar-refractivity contribution >= 4 is 41.6 Å². The summed E-state index contributed by atoms with van der Waals surface area (Å²) in [6.45, 7) is 2.06. The zero-order valence-corrected chi connectivity index (χ0v) is 17.1. The summed E-state index contributed by atoms with van der Waals surface area (Å²) in [6, 6.07) is 21.8. The van der Waals surface area contributed by atoms with Crippen LogP contribution in [-0.4, -0.2) is 23.8 Å². The van der Waals surface area contributed by atoms with E-state index in [0.29, 0.717) is 11.3 Å². The Morgan fingerprint density at radius 3 is 2.50 bits per heavy atom. The second-order valence-corrected chi connectivity index (χ2v) is 6.29. The number of nitrogens with zero attached hydrogens (tertiary/aromatic N) is 3. The van der Waals surface area contributed by atoms with Gasteiger partial charge in [0.2, 0.25) is 0 Å². The van der Waals surface area contributed by atoms with Gasteiger partial charge < -0.3 is 10.4 Å². The maximum Gasteiger partial charge on any atom is 0.259 e. The van der Waals surface area contributed by atoms with E-state index in [1.807, 2.05) is 61.5 Å². The molecule has 0 saturated heterocycles. The van der Waals surface area contributed by atoms with Crippen molar-refractivity contribution in [1.29, 1.82) is 0 Å². The smallest absolute Gasteiger partial charge is 0.259 e. The molecule has 3 aromatic carbocycles. The molecule has 0 aromatic heterocycles. The van der Waals surface area contributed by atoms with Crippen LogP contribution in [0.25, 0.3) is 0 Å². The standard InChI is InChI=1S/C22H21N5O2.ClH/c1-16-6-5-9-19(12-16)23-15-22(29)27-24-14-17-13-20(10-11-21(17)28)26-25-18-7-3-2-4-8-18;/h2-14,23,28H,15H2,1H3,(H,27,29);1H. The van der Waals surface area contributed by atoms with Gasteiger partial charge in [0, 0.05) is 11.3 Å². The molecule has 0 unspecified atom stereocenters. The van der Waals surface area contributed by atoms with Gasteiger partial charge in [-0.15, -0.1) is 12.4 Å². The average Bonchev–Trinajstić information content (AvgIpc) is 2.73. The van der Waals surface area contributed by atoms with E-state index >= 15 is 0 Å². The fraction of sp³-hybridized carbons (Fsp3) is 0.0909. The van der Waals surface area contributed by atoms with Crippen molar-refractivity contribution in [2.24, 2.45) is 15.3 Å². The molecule has 0 fully saturated rings. The number of amides is 1. The van der Waals surface area contributed by atoms with E-state index in [2.05, 4.69) is 26.1 Å². The number of carbonyl (C=O) groups excluding carboxylic acids is 1. The van der Waals surface area contributed by atoms with E-state index in [-0.39, 0.29) is 30.6 Å². The van der Waals surface area contributed by atoms with Crippen LogP contribution in [0.3, 0.4) is 0 Å². The molecule has 0 bridgehead atoms. The molecule has 0 aliphatic rings. The highest BCUT2D eigenvalue weighted by molar-refractivity contribution is 5.87. The molecule has 30 heavy (non-hydrogen) atoms. The van der Waals surface area contributed by atoms with Crippen molar-refractivity contribution in [3.63, 3.8) is 0 Å². The molecular weight excluding hydrogens is 402 g/mol. The molecule has 3 rings (SSSR count). The Labute approximate surface area is 181 Å². The van der Waals surface area contributed by atoms with Crippen LogP contribution in [0.4, 0.5) is 17.1 Å². The predicted molar refractivity (Wildman–Crippen MR) is 121 cm³/mol. The van der Waals surface area contributed by atoms with Crippen LogP contribution in [-0.2, 0) is 4.79 Å². The van der Waals surface area contributed by atoms with Crippen molar-refractivity contribution in [3.8, 4) is 5.75 Å². The van der Waals surface area contributed by atoms with E-state index in [0.717, 1.165) is 16.9 Å². The van der Waals surface area contributed by atoms with Gasteiger partial charge in [-0.2, -0.15) is 15.3 Å². The molecule has 0 atom stereocenters. The Bertz CT molecular complexity index is 1040. The largest absolute Gasteiger partial charge is 0.507 e. The lowest BCUT2D eigenvalue weighted by atomic mass is 10.2. The molecule has 0 aliphatic heterocycles. The highest BCUT2D eigenvalue weighted by atomic mass is 35.5. The van der Waals surface area contributed by atoms with Crippen molar-refractivity contribution in [2.75, 3.05) is 11.9 Å². The highest BCUT2D eigenvalue weighted by Gasteiger charge is 2.02. The minimum Gasteiger partial charge on any atom is -0.507 e. The lowest BCUT2D eigenvalue weighted by Crippen LogP contribution is -2.25. The molecule has 8 heteroatoms. The molecular formula is C22H22ClN5O2. The third kappa shape index (κ3) is 7.03. The maximum atomic E-state index is 11.9. The summed E-state index contributed by atoms with van der Waals surface area (Å²) < 4.78 is 0. The average molecular weight is 424 g/mol. The van der Waals surface area contributed by atoms with Crippen LogP contribution in [0.15, 0.2) is 88.1 Å². The number of hydrazone groups is 1. The van der Waals surface area contributed by atoms with E-state index in [1.165, 1.54) is 12.3 Å². The summed E-state index contributed by atoms with van der Waals surface area (Å²) in [4.78, 5) is 11.9. The number of aromatic hydroxyl groups is 1. The molecule has 3 N–H and O–H groups in total. The lowest BCUT2D eigenvalue weighted by Gasteiger charge is -2.06. The van der Waals surface area contributed by atoms with Crippen molar-refractivity contribution < 1.29 is 9.90 Å². The maximum absolute atomic E-state index is 11.9. The van der Waals surface area contributed by atoms with Crippen LogP contribution >= 0.6 is 12.4 Å². The third-order valence-electron chi connectivity index (χ3n) is 3.91. The number of phenolic OH excluding ortho intramolecular Hbond substituents is 1. The lowest BCUT2D eigenvalue weighted by molar-refractivity contribution is -0.119. The van der Waals surface area contributed by atoms with Gasteiger partial charge in [-0.05, 0) is 55.0 Å². The Kier molecular flexibility index (Phi) is 8.53. The van der Waals surface area contributed by atoms with Crippen LogP contribution in [0, 0.1) is 6.92 Å². The number of anilines is 1. The fourth-order valence-electron chi connectivity index (χ4n) is 2.47. The molecule has 0 aliphatic carbocycles. The highest BCUT2D eigenvalue weighted by Crippen LogP contribution is 2.23. The van der Waals surface area contributed by atoms with Gasteiger partial charge in [0.05, 0.1) is 24.1 Å². The number of benzene rings is 3. The predicted octanol–water partition coefficient (Wildman–Crippen LogP) is 5.10. The quantitative estimate of drug-likeness (QED) is 0.280. The Hall–Kier alpha value is -3.71. The van der Waals surface area contributed by atoms with Gasteiger partial charge in [0.25, 0.3) is 5.91 Å². The number of rotatable bonds is 7. The van der Waals surface area contributed by atoms with E-state index in [4.69, 9.17) is 0 Å². The number of phenols is 1. The van der Waals surface area contributed by atoms with Gasteiger partial charge >= 0.3 is 0 Å². The van der Waals surface area contributed by atoms with Crippen molar-refractivity contribution in [2.45, 2.75) is 6.92 Å². The number of hydrogen-bond acceptors (Lipinski definition) is 6. The number of hydrogen-bond donors (Lipinski definition) is 3. The SMILES string of the molecule is Cc1cccc(NCC(=O)NN=Cc2cc(N=Nc3ccccc3)ccc2O)c1.Cl. The van der Waals surface area contributed by atoms with E-state index in [1.54, 1.807) is 12.1 Å².